The van der Waals surface area contributed by atoms with Crippen molar-refractivity contribution >= 4 is 52.7 Å². The van der Waals surface area contributed by atoms with Crippen LogP contribution in [0.1, 0.15) is 40.9 Å². The number of rotatable bonds is 10. The number of nitrogens with two attached hydrogens (primary N) is 2. The van der Waals surface area contributed by atoms with Crippen LogP contribution in [0.5, 0.6) is 0 Å². The first-order valence-corrected chi connectivity index (χ1v) is 12.6. The minimum absolute atomic E-state index is 0.0740. The van der Waals surface area contributed by atoms with Crippen LogP contribution < -0.4 is 22.1 Å². The zero-order chi connectivity index (χ0) is 27.7. The Balaban J connectivity index is 1.41. The molecule has 3 aromatic rings. The summed E-state index contributed by atoms with van der Waals surface area (Å²) in [5, 5.41) is 13.6. The number of esters is 1. The molecule has 0 fully saturated rings. The second kappa shape index (κ2) is 13.6. The van der Waals surface area contributed by atoms with Gasteiger partial charge in [-0.3, -0.25) is 20.3 Å². The first-order valence-electron chi connectivity index (χ1n) is 11.8. The van der Waals surface area contributed by atoms with Crippen molar-refractivity contribution in [2.45, 2.75) is 32.1 Å². The van der Waals surface area contributed by atoms with E-state index in [-0.39, 0.29) is 34.4 Å². The van der Waals surface area contributed by atoms with Gasteiger partial charge in [-0.1, -0.05) is 59.6 Å². The molecule has 0 atom stereocenters. The van der Waals surface area contributed by atoms with Crippen LogP contribution in [-0.2, 0) is 22.4 Å². The van der Waals surface area contributed by atoms with E-state index in [9.17, 15) is 9.59 Å². The molecule has 0 aliphatic carbocycles. The summed E-state index contributed by atoms with van der Waals surface area (Å²) in [5.41, 5.74) is 15.1. The first-order chi connectivity index (χ1) is 18.2. The molecule has 0 spiro atoms. The monoisotopic (exact) mass is 557 g/mol. The van der Waals surface area contributed by atoms with Crippen molar-refractivity contribution < 1.29 is 14.3 Å². The molecule has 1 amide bonds. The number of guanidine groups is 1. The van der Waals surface area contributed by atoms with Gasteiger partial charge in [-0.15, -0.1) is 0 Å². The normalized spacial score (nSPS) is 10.6. The fourth-order valence-corrected chi connectivity index (χ4v) is 4.08. The van der Waals surface area contributed by atoms with Gasteiger partial charge >= 0.3 is 5.97 Å². The summed E-state index contributed by atoms with van der Waals surface area (Å²) < 4.78 is 4.68. The second-order valence-corrected chi connectivity index (χ2v) is 9.20. The highest BCUT2D eigenvalue weighted by molar-refractivity contribution is 6.33. The predicted molar refractivity (Wildman–Crippen MR) is 149 cm³/mol. The molecule has 12 heteroatoms. The molecule has 0 unspecified atom stereocenters. The molecule has 0 aliphatic heterocycles. The smallest absolute Gasteiger partial charge is 0.305 e. The van der Waals surface area contributed by atoms with Crippen molar-refractivity contribution in [3.05, 3.63) is 69.5 Å². The molecule has 7 N–H and O–H groups in total. The number of nitrogens with one attached hydrogen (secondary N) is 3. The van der Waals surface area contributed by atoms with Gasteiger partial charge in [0, 0.05) is 23.6 Å². The lowest BCUT2D eigenvalue weighted by Gasteiger charge is -2.11. The van der Waals surface area contributed by atoms with E-state index in [1.165, 1.54) is 12.7 Å². The number of amides is 1. The average molecular weight is 558 g/mol. The Morgan fingerprint density at radius 1 is 0.974 bits per heavy atom. The van der Waals surface area contributed by atoms with Gasteiger partial charge in [0.15, 0.2) is 28.4 Å². The number of nitrogens with zero attached hydrogens (tertiary/aromatic N) is 2. The fourth-order valence-electron chi connectivity index (χ4n) is 3.64. The number of aryl methyl sites for hydroxylation is 2. The molecular weight excluding hydrogens is 529 g/mol. The number of nitrogen functional groups attached to an aromatic ring is 2. The van der Waals surface area contributed by atoms with E-state index in [0.717, 1.165) is 36.0 Å². The van der Waals surface area contributed by atoms with E-state index in [4.69, 9.17) is 40.1 Å². The van der Waals surface area contributed by atoms with Gasteiger partial charge in [-0.25, -0.2) is 9.97 Å². The highest BCUT2D eigenvalue weighted by atomic mass is 35.5. The molecule has 38 heavy (non-hydrogen) atoms. The van der Waals surface area contributed by atoms with Crippen molar-refractivity contribution in [2.75, 3.05) is 25.1 Å². The molecule has 0 aliphatic rings. The van der Waals surface area contributed by atoms with Crippen LogP contribution in [0.2, 0.25) is 10.2 Å². The van der Waals surface area contributed by atoms with Crippen molar-refractivity contribution in [1.82, 2.24) is 20.6 Å². The molecule has 0 saturated carbocycles. The Labute approximate surface area is 230 Å². The van der Waals surface area contributed by atoms with E-state index < -0.39 is 5.91 Å². The molecule has 1 aromatic heterocycles. The topological polar surface area (TPSA) is 169 Å². The summed E-state index contributed by atoms with van der Waals surface area (Å²) in [5.74, 6) is -1.37. The molecule has 0 bridgehead atoms. The minimum atomic E-state index is -0.703. The Morgan fingerprint density at radius 2 is 1.68 bits per heavy atom. The first kappa shape index (κ1) is 28.7. The lowest BCUT2D eigenvalue weighted by atomic mass is 9.99. The molecule has 1 heterocycles. The maximum atomic E-state index is 12.2. The van der Waals surface area contributed by atoms with Crippen LogP contribution in [0.15, 0.2) is 42.5 Å². The van der Waals surface area contributed by atoms with Crippen LogP contribution in [0.4, 0.5) is 11.6 Å². The largest absolute Gasteiger partial charge is 0.469 e. The number of ether oxygens (including phenoxy) is 1. The van der Waals surface area contributed by atoms with E-state index in [1.54, 1.807) is 0 Å². The minimum Gasteiger partial charge on any atom is -0.469 e. The lowest BCUT2D eigenvalue weighted by molar-refractivity contribution is -0.140. The molecular formula is C26H29Cl2N7O3. The van der Waals surface area contributed by atoms with Gasteiger partial charge in [0.25, 0.3) is 5.91 Å². The zero-order valence-electron chi connectivity index (χ0n) is 20.8. The number of unbranched alkanes of at least 4 members (excludes halogenated alkanes) is 1. The number of benzene rings is 2. The van der Waals surface area contributed by atoms with Gasteiger partial charge in [0.1, 0.15) is 0 Å². The molecule has 0 radical (unpaired) electrons. The third-order valence-electron chi connectivity index (χ3n) is 5.70. The molecule has 10 nitrogen and oxygen atoms in total. The summed E-state index contributed by atoms with van der Waals surface area (Å²) in [7, 11) is 1.38. The van der Waals surface area contributed by atoms with E-state index in [2.05, 4.69) is 37.5 Å². The third kappa shape index (κ3) is 8.06. The van der Waals surface area contributed by atoms with Crippen molar-refractivity contribution in [2.24, 2.45) is 0 Å². The molecule has 3 rings (SSSR count). The van der Waals surface area contributed by atoms with Crippen molar-refractivity contribution in [3.63, 3.8) is 0 Å². The maximum Gasteiger partial charge on any atom is 0.305 e. The number of hydrogen-bond donors (Lipinski definition) is 5. The number of carbonyl (C=O) groups is 2. The van der Waals surface area contributed by atoms with Crippen LogP contribution in [0.3, 0.4) is 0 Å². The zero-order valence-corrected chi connectivity index (χ0v) is 22.3. The SMILES string of the molecule is COC(=O)CCc1ccc(-c2ccc(CCCCNC(=N)NC(=O)c3nc(Cl)c(N)nc3N)cc2)c(Cl)c1. The van der Waals surface area contributed by atoms with Gasteiger partial charge in [0.2, 0.25) is 0 Å². The van der Waals surface area contributed by atoms with Gasteiger partial charge < -0.3 is 21.5 Å². The average Bonchev–Trinajstić information content (AvgIpc) is 2.89. The summed E-state index contributed by atoms with van der Waals surface area (Å²) in [6.07, 6.45) is 3.42. The number of hydrogen-bond acceptors (Lipinski definition) is 8. The Morgan fingerprint density at radius 3 is 2.37 bits per heavy atom. The van der Waals surface area contributed by atoms with E-state index in [0.29, 0.717) is 24.4 Å². The molecule has 0 saturated heterocycles. The van der Waals surface area contributed by atoms with E-state index in [1.807, 2.05) is 30.3 Å². The molecule has 2 aromatic carbocycles. The summed E-state index contributed by atoms with van der Waals surface area (Å²) in [6, 6.07) is 14.0. The highest BCUT2D eigenvalue weighted by Gasteiger charge is 2.17. The van der Waals surface area contributed by atoms with E-state index >= 15 is 0 Å². The van der Waals surface area contributed by atoms with Gasteiger partial charge in [-0.2, -0.15) is 0 Å². The highest BCUT2D eigenvalue weighted by Crippen LogP contribution is 2.29. The summed E-state index contributed by atoms with van der Waals surface area (Å²) in [6.45, 7) is 0.499. The van der Waals surface area contributed by atoms with Crippen molar-refractivity contribution in [1.29, 1.82) is 5.41 Å². The quantitative estimate of drug-likeness (QED) is 0.108. The number of aromatic nitrogens is 2. The molecule has 200 valence electrons. The maximum absolute atomic E-state index is 12.2. The third-order valence-corrected chi connectivity index (χ3v) is 6.29. The fraction of sp³-hybridized carbons (Fsp3) is 0.269. The standard InChI is InChI=1S/C26H29Cl2N7O3/c1-38-20(36)12-8-16-7-11-18(19(27)14-16)17-9-5-15(6-10-17)4-2-3-13-32-26(31)35-25(37)21-23(29)34-24(30)22(28)33-21/h5-7,9-11,14H,2-4,8,12-13H2,1H3,(H4,29,30,34)(H3,31,32,35,37). The Kier molecular flexibility index (Phi) is 10.3. The van der Waals surface area contributed by atoms with Crippen LogP contribution in [0.25, 0.3) is 11.1 Å². The second-order valence-electron chi connectivity index (χ2n) is 8.43. The number of halogens is 2. The van der Waals surface area contributed by atoms with Crippen LogP contribution >= 0.6 is 23.2 Å². The summed E-state index contributed by atoms with van der Waals surface area (Å²) >= 11 is 12.3. The van der Waals surface area contributed by atoms with Crippen LogP contribution in [0, 0.1) is 5.41 Å². The lowest BCUT2D eigenvalue weighted by Crippen LogP contribution is -2.41. The number of carbonyl (C=O) groups excluding carboxylic acids is 2. The predicted octanol–water partition coefficient (Wildman–Crippen LogP) is 4.00. The van der Waals surface area contributed by atoms with Crippen LogP contribution in [-0.4, -0.2) is 41.5 Å². The summed E-state index contributed by atoms with van der Waals surface area (Å²) in [4.78, 5) is 31.2. The number of anilines is 2. The Bertz CT molecular complexity index is 1320. The number of methoxy groups -OCH3 is 1. The van der Waals surface area contributed by atoms with Gasteiger partial charge in [-0.05, 0) is 48.4 Å². The Hall–Kier alpha value is -3.89. The van der Waals surface area contributed by atoms with Gasteiger partial charge in [0.05, 0.1) is 7.11 Å². The van der Waals surface area contributed by atoms with Crippen molar-refractivity contribution in [3.8, 4) is 11.1 Å².